The first-order valence-electron chi connectivity index (χ1n) is 8.62. The molecule has 5 nitrogen and oxygen atoms in total. The Labute approximate surface area is 142 Å². The maximum Gasteiger partial charge on any atom is 0.312 e. The Bertz CT molecular complexity index is 556. The summed E-state index contributed by atoms with van der Waals surface area (Å²) in [7, 11) is 0. The van der Waals surface area contributed by atoms with Crippen molar-refractivity contribution in [2.24, 2.45) is 11.8 Å². The molecule has 1 aromatic carbocycles. The van der Waals surface area contributed by atoms with E-state index in [1.54, 1.807) is 0 Å². The maximum atomic E-state index is 12.6. The molecule has 0 bridgehead atoms. The van der Waals surface area contributed by atoms with Crippen LogP contribution in [0.5, 0.6) is 0 Å². The van der Waals surface area contributed by atoms with Gasteiger partial charge in [-0.15, -0.1) is 0 Å². The minimum absolute atomic E-state index is 0.118. The van der Waals surface area contributed by atoms with E-state index in [1.807, 2.05) is 37.3 Å². The summed E-state index contributed by atoms with van der Waals surface area (Å²) in [5, 5.41) is 20.2. The lowest BCUT2D eigenvalue weighted by molar-refractivity contribution is -0.169. The van der Waals surface area contributed by atoms with Crippen molar-refractivity contribution in [1.82, 2.24) is 0 Å². The lowest BCUT2D eigenvalue weighted by Crippen LogP contribution is -2.47. The zero-order valence-electron chi connectivity index (χ0n) is 14.1. The number of carboxylic acid groups (broad SMARTS) is 1. The van der Waals surface area contributed by atoms with Crippen molar-refractivity contribution in [2.75, 3.05) is 0 Å². The Hall–Kier alpha value is -1.88. The Balaban J connectivity index is 2.06. The van der Waals surface area contributed by atoms with E-state index in [1.165, 1.54) is 0 Å². The number of benzene rings is 1. The third-order valence-electron chi connectivity index (χ3n) is 4.85. The second-order valence-corrected chi connectivity index (χ2v) is 6.67. The van der Waals surface area contributed by atoms with Gasteiger partial charge in [-0.2, -0.15) is 0 Å². The van der Waals surface area contributed by atoms with Gasteiger partial charge in [0.1, 0.15) is 6.61 Å². The summed E-state index contributed by atoms with van der Waals surface area (Å²) in [4.78, 5) is 23.8. The summed E-state index contributed by atoms with van der Waals surface area (Å²) in [6.07, 6.45) is 2.95. The number of rotatable bonds is 7. The molecular weight excluding hydrogens is 308 g/mol. The second kappa shape index (κ2) is 8.29. The molecule has 2 N–H and O–H groups in total. The van der Waals surface area contributed by atoms with E-state index < -0.39 is 29.4 Å². The fraction of sp³-hybridized carbons (Fsp3) is 0.579. The molecule has 24 heavy (non-hydrogen) atoms. The van der Waals surface area contributed by atoms with Gasteiger partial charge in [0, 0.05) is 0 Å². The number of esters is 1. The average molecular weight is 334 g/mol. The van der Waals surface area contributed by atoms with Crippen LogP contribution in [0.25, 0.3) is 0 Å². The highest BCUT2D eigenvalue weighted by molar-refractivity contribution is 5.75. The van der Waals surface area contributed by atoms with E-state index in [2.05, 4.69) is 0 Å². The molecule has 0 aliphatic heterocycles. The van der Waals surface area contributed by atoms with Crippen LogP contribution in [0.4, 0.5) is 0 Å². The molecule has 1 aliphatic carbocycles. The first-order chi connectivity index (χ1) is 11.5. The number of ether oxygens (including phenoxy) is 1. The van der Waals surface area contributed by atoms with Gasteiger partial charge >= 0.3 is 11.9 Å². The highest BCUT2D eigenvalue weighted by atomic mass is 16.5. The summed E-state index contributed by atoms with van der Waals surface area (Å²) < 4.78 is 5.41. The van der Waals surface area contributed by atoms with Gasteiger partial charge in [0.2, 0.25) is 0 Å². The van der Waals surface area contributed by atoms with Crippen LogP contribution in [-0.4, -0.2) is 27.8 Å². The van der Waals surface area contributed by atoms with Crippen molar-refractivity contribution in [3.63, 3.8) is 0 Å². The molecule has 0 radical (unpaired) electrons. The molecule has 0 aromatic heterocycles. The predicted molar refractivity (Wildman–Crippen MR) is 89.2 cm³/mol. The summed E-state index contributed by atoms with van der Waals surface area (Å²) in [6, 6.07) is 9.38. The van der Waals surface area contributed by atoms with Crippen LogP contribution in [0.2, 0.25) is 0 Å². The highest BCUT2D eigenvalue weighted by Crippen LogP contribution is 2.40. The van der Waals surface area contributed by atoms with E-state index in [0.717, 1.165) is 12.0 Å². The van der Waals surface area contributed by atoms with Crippen molar-refractivity contribution < 1.29 is 24.5 Å². The van der Waals surface area contributed by atoms with Crippen LogP contribution in [0, 0.1) is 11.8 Å². The topological polar surface area (TPSA) is 83.8 Å². The van der Waals surface area contributed by atoms with Crippen LogP contribution < -0.4 is 0 Å². The van der Waals surface area contributed by atoms with E-state index in [9.17, 15) is 19.8 Å². The number of carboxylic acids is 1. The third-order valence-corrected chi connectivity index (χ3v) is 4.85. The van der Waals surface area contributed by atoms with E-state index >= 15 is 0 Å². The monoisotopic (exact) mass is 334 g/mol. The summed E-state index contributed by atoms with van der Waals surface area (Å²) >= 11 is 0. The van der Waals surface area contributed by atoms with Crippen molar-refractivity contribution in [3.8, 4) is 0 Å². The molecule has 1 fully saturated rings. The van der Waals surface area contributed by atoms with Gasteiger partial charge in [0.25, 0.3) is 0 Å². The van der Waals surface area contributed by atoms with Crippen LogP contribution in [0.3, 0.4) is 0 Å². The van der Waals surface area contributed by atoms with Crippen LogP contribution in [0.15, 0.2) is 30.3 Å². The van der Waals surface area contributed by atoms with Gasteiger partial charge in [-0.1, -0.05) is 43.7 Å². The molecule has 0 saturated heterocycles. The zero-order chi connectivity index (χ0) is 17.6. The summed E-state index contributed by atoms with van der Waals surface area (Å²) in [6.45, 7) is 2.11. The number of aliphatic hydroxyl groups is 1. The molecule has 1 unspecified atom stereocenters. The number of carbonyl (C=O) groups is 2. The Morgan fingerprint density at radius 3 is 2.67 bits per heavy atom. The van der Waals surface area contributed by atoms with Gasteiger partial charge in [-0.3, -0.25) is 9.59 Å². The molecule has 5 heteroatoms. The molecule has 0 amide bonds. The van der Waals surface area contributed by atoms with E-state index in [0.29, 0.717) is 25.7 Å². The number of carbonyl (C=O) groups excluding carboxylic acids is 1. The third kappa shape index (κ3) is 4.57. The van der Waals surface area contributed by atoms with E-state index in [4.69, 9.17) is 4.74 Å². The lowest BCUT2D eigenvalue weighted by atomic mass is 9.70. The van der Waals surface area contributed by atoms with Gasteiger partial charge < -0.3 is 14.9 Å². The summed E-state index contributed by atoms with van der Waals surface area (Å²) in [5.41, 5.74) is -0.398. The average Bonchev–Trinajstić information content (AvgIpc) is 2.58. The second-order valence-electron chi connectivity index (χ2n) is 6.67. The smallest absolute Gasteiger partial charge is 0.312 e. The van der Waals surface area contributed by atoms with Gasteiger partial charge in [-0.05, 0) is 37.7 Å². The van der Waals surface area contributed by atoms with Crippen molar-refractivity contribution in [2.45, 2.75) is 57.7 Å². The normalized spacial score (nSPS) is 25.0. The van der Waals surface area contributed by atoms with Gasteiger partial charge in [0.05, 0.1) is 17.4 Å². The minimum Gasteiger partial charge on any atom is -0.481 e. The standard InChI is InChI=1S/C19H26O5/c1-2-7-16(18(22)24-13-14-8-4-3-5-9-14)19(23)11-6-10-15(12-19)17(20)21/h3-5,8-9,15-16,23H,2,6-7,10-13H2,1H3,(H,20,21)/t15-,16?,19-/m1/s1. The minimum atomic E-state index is -1.29. The molecular formula is C19H26O5. The SMILES string of the molecule is CCCC(C(=O)OCc1ccccc1)[C@@]1(O)CCC[C@@H](C(=O)O)C1. The summed E-state index contributed by atoms with van der Waals surface area (Å²) in [5.74, 6) is -2.60. The van der Waals surface area contributed by atoms with Gasteiger partial charge in [0.15, 0.2) is 0 Å². The van der Waals surface area contributed by atoms with Crippen LogP contribution >= 0.6 is 0 Å². The molecule has 1 aromatic rings. The van der Waals surface area contributed by atoms with Crippen LogP contribution in [-0.2, 0) is 20.9 Å². The fourth-order valence-corrected chi connectivity index (χ4v) is 3.54. The number of hydrogen-bond donors (Lipinski definition) is 2. The maximum absolute atomic E-state index is 12.6. The molecule has 3 atom stereocenters. The molecule has 0 heterocycles. The zero-order valence-corrected chi connectivity index (χ0v) is 14.1. The molecule has 2 rings (SSSR count). The number of aliphatic carboxylic acids is 1. The molecule has 1 saturated carbocycles. The Morgan fingerprint density at radius 2 is 2.04 bits per heavy atom. The predicted octanol–water partition coefficient (Wildman–Crippen LogP) is 3.15. The van der Waals surface area contributed by atoms with Crippen molar-refractivity contribution >= 4 is 11.9 Å². The largest absolute Gasteiger partial charge is 0.481 e. The van der Waals surface area contributed by atoms with Crippen LogP contribution in [0.1, 0.15) is 51.0 Å². The molecule has 132 valence electrons. The molecule has 0 spiro atoms. The number of hydrogen-bond acceptors (Lipinski definition) is 4. The van der Waals surface area contributed by atoms with E-state index in [-0.39, 0.29) is 13.0 Å². The Morgan fingerprint density at radius 1 is 1.33 bits per heavy atom. The van der Waals surface area contributed by atoms with Crippen molar-refractivity contribution in [3.05, 3.63) is 35.9 Å². The first-order valence-corrected chi connectivity index (χ1v) is 8.62. The van der Waals surface area contributed by atoms with Gasteiger partial charge in [-0.25, -0.2) is 0 Å². The molecule has 1 aliphatic rings. The first kappa shape index (κ1) is 18.5. The lowest BCUT2D eigenvalue weighted by Gasteiger charge is -2.40. The Kier molecular flexibility index (Phi) is 6.37. The van der Waals surface area contributed by atoms with Crippen molar-refractivity contribution in [1.29, 1.82) is 0 Å². The quantitative estimate of drug-likeness (QED) is 0.748. The fourth-order valence-electron chi connectivity index (χ4n) is 3.54. The highest BCUT2D eigenvalue weighted by Gasteiger charge is 2.46.